The van der Waals surface area contributed by atoms with Crippen LogP contribution in [0.3, 0.4) is 0 Å². The third-order valence-corrected chi connectivity index (χ3v) is 3.21. The number of nitrogen functional groups attached to an aromatic ring is 1. The molecule has 4 nitrogen and oxygen atoms in total. The quantitative estimate of drug-likeness (QED) is 0.868. The standard InChI is InChI=1S/C16H18N2O2/c1-18(13-7-5-8-14(11-13)20-2)16(19)10-12-6-3-4-9-15(12)17/h3-9,11H,10,17H2,1-2H3. The van der Waals surface area contributed by atoms with E-state index in [1.165, 1.54) is 0 Å². The fraction of sp³-hybridized carbons (Fsp3) is 0.188. The fourth-order valence-corrected chi connectivity index (χ4v) is 1.94. The van der Waals surface area contributed by atoms with Crippen LogP contribution in [0.5, 0.6) is 5.75 Å². The number of likely N-dealkylation sites (N-methyl/N-ethyl adjacent to an activating group) is 1. The van der Waals surface area contributed by atoms with Crippen LogP contribution in [-0.4, -0.2) is 20.1 Å². The Morgan fingerprint density at radius 2 is 1.95 bits per heavy atom. The molecule has 0 saturated carbocycles. The molecule has 0 bridgehead atoms. The molecule has 0 heterocycles. The van der Waals surface area contributed by atoms with Crippen molar-refractivity contribution in [2.24, 2.45) is 0 Å². The molecule has 0 aliphatic carbocycles. The van der Waals surface area contributed by atoms with E-state index in [-0.39, 0.29) is 12.3 Å². The maximum Gasteiger partial charge on any atom is 0.231 e. The third-order valence-electron chi connectivity index (χ3n) is 3.21. The number of hydrogen-bond acceptors (Lipinski definition) is 3. The molecule has 1 amide bonds. The average molecular weight is 270 g/mol. The number of rotatable bonds is 4. The maximum absolute atomic E-state index is 12.3. The molecule has 0 aliphatic rings. The Morgan fingerprint density at radius 1 is 1.20 bits per heavy atom. The predicted octanol–water partition coefficient (Wildman–Crippen LogP) is 2.48. The minimum atomic E-state index is -0.0175. The van der Waals surface area contributed by atoms with Crippen LogP contribution in [0.25, 0.3) is 0 Å². The summed E-state index contributed by atoms with van der Waals surface area (Å²) in [5.74, 6) is 0.706. The SMILES string of the molecule is COc1cccc(N(C)C(=O)Cc2ccccc2N)c1. The zero-order valence-electron chi connectivity index (χ0n) is 11.7. The van der Waals surface area contributed by atoms with Crippen molar-refractivity contribution in [1.29, 1.82) is 0 Å². The summed E-state index contributed by atoms with van der Waals surface area (Å²) in [7, 11) is 3.35. The second-order valence-electron chi connectivity index (χ2n) is 4.53. The average Bonchev–Trinajstić information content (AvgIpc) is 2.48. The largest absolute Gasteiger partial charge is 0.497 e. The highest BCUT2D eigenvalue weighted by Crippen LogP contribution is 2.21. The van der Waals surface area contributed by atoms with Crippen molar-refractivity contribution in [1.82, 2.24) is 0 Å². The molecule has 0 aliphatic heterocycles. The normalized spacial score (nSPS) is 10.1. The van der Waals surface area contributed by atoms with Crippen LogP contribution >= 0.6 is 0 Å². The Kier molecular flexibility index (Phi) is 4.25. The van der Waals surface area contributed by atoms with E-state index < -0.39 is 0 Å². The number of nitrogens with two attached hydrogens (primary N) is 1. The van der Waals surface area contributed by atoms with Gasteiger partial charge in [-0.05, 0) is 23.8 Å². The minimum absolute atomic E-state index is 0.0175. The molecule has 0 saturated heterocycles. The van der Waals surface area contributed by atoms with E-state index in [2.05, 4.69) is 0 Å². The highest BCUT2D eigenvalue weighted by Gasteiger charge is 2.13. The molecule has 2 aromatic rings. The van der Waals surface area contributed by atoms with Crippen molar-refractivity contribution in [2.45, 2.75) is 6.42 Å². The monoisotopic (exact) mass is 270 g/mol. The van der Waals surface area contributed by atoms with Crippen LogP contribution in [0.2, 0.25) is 0 Å². The zero-order valence-corrected chi connectivity index (χ0v) is 11.7. The summed E-state index contributed by atoms with van der Waals surface area (Å²) in [5.41, 5.74) is 8.14. The van der Waals surface area contributed by atoms with E-state index in [0.717, 1.165) is 17.0 Å². The van der Waals surface area contributed by atoms with Crippen LogP contribution < -0.4 is 15.4 Å². The van der Waals surface area contributed by atoms with Gasteiger partial charge in [0.25, 0.3) is 0 Å². The first-order chi connectivity index (χ1) is 9.61. The fourth-order valence-electron chi connectivity index (χ4n) is 1.94. The second-order valence-corrected chi connectivity index (χ2v) is 4.53. The number of methoxy groups -OCH3 is 1. The minimum Gasteiger partial charge on any atom is -0.497 e. The molecule has 0 aromatic heterocycles. The van der Waals surface area contributed by atoms with Crippen LogP contribution in [0.1, 0.15) is 5.56 Å². The highest BCUT2D eigenvalue weighted by molar-refractivity contribution is 5.95. The van der Waals surface area contributed by atoms with Crippen molar-refractivity contribution in [3.8, 4) is 5.75 Å². The molecule has 0 fully saturated rings. The number of amides is 1. The van der Waals surface area contributed by atoms with E-state index in [1.807, 2.05) is 42.5 Å². The molecule has 0 spiro atoms. The lowest BCUT2D eigenvalue weighted by Gasteiger charge is -2.18. The first-order valence-corrected chi connectivity index (χ1v) is 6.36. The van der Waals surface area contributed by atoms with E-state index in [0.29, 0.717) is 5.69 Å². The van der Waals surface area contributed by atoms with Gasteiger partial charge in [0.1, 0.15) is 5.75 Å². The number of ether oxygens (including phenoxy) is 1. The van der Waals surface area contributed by atoms with Crippen LogP contribution in [0.15, 0.2) is 48.5 Å². The Labute approximate surface area is 118 Å². The number of para-hydroxylation sites is 1. The van der Waals surface area contributed by atoms with Crippen molar-refractivity contribution >= 4 is 17.3 Å². The molecule has 0 atom stereocenters. The van der Waals surface area contributed by atoms with Gasteiger partial charge < -0.3 is 15.4 Å². The first-order valence-electron chi connectivity index (χ1n) is 6.36. The molecule has 2 aromatic carbocycles. The zero-order chi connectivity index (χ0) is 14.5. The van der Waals surface area contributed by atoms with Crippen LogP contribution in [-0.2, 0) is 11.2 Å². The lowest BCUT2D eigenvalue weighted by atomic mass is 10.1. The molecule has 0 unspecified atom stereocenters. The Balaban J connectivity index is 2.14. The molecule has 2 N–H and O–H groups in total. The molecule has 20 heavy (non-hydrogen) atoms. The van der Waals surface area contributed by atoms with Gasteiger partial charge in [-0.3, -0.25) is 4.79 Å². The van der Waals surface area contributed by atoms with Gasteiger partial charge in [-0.25, -0.2) is 0 Å². The third kappa shape index (κ3) is 3.09. The van der Waals surface area contributed by atoms with Gasteiger partial charge in [0.2, 0.25) is 5.91 Å². The Morgan fingerprint density at radius 3 is 2.65 bits per heavy atom. The second kappa shape index (κ2) is 6.10. The molecule has 0 radical (unpaired) electrons. The van der Waals surface area contributed by atoms with Gasteiger partial charge in [0, 0.05) is 24.5 Å². The van der Waals surface area contributed by atoms with Gasteiger partial charge in [-0.2, -0.15) is 0 Å². The number of carbonyl (C=O) groups is 1. The molecule has 104 valence electrons. The summed E-state index contributed by atoms with van der Waals surface area (Å²) in [6.45, 7) is 0. The summed E-state index contributed by atoms with van der Waals surface area (Å²) < 4.78 is 5.16. The molecular weight excluding hydrogens is 252 g/mol. The van der Waals surface area contributed by atoms with E-state index in [1.54, 1.807) is 25.1 Å². The first kappa shape index (κ1) is 13.9. The van der Waals surface area contributed by atoms with Crippen molar-refractivity contribution < 1.29 is 9.53 Å². The summed E-state index contributed by atoms with van der Waals surface area (Å²) in [6.07, 6.45) is 0.278. The molecule has 2 rings (SSSR count). The number of benzene rings is 2. The summed E-state index contributed by atoms with van der Waals surface area (Å²) in [6, 6.07) is 14.8. The topological polar surface area (TPSA) is 55.6 Å². The maximum atomic E-state index is 12.3. The van der Waals surface area contributed by atoms with Gasteiger partial charge in [-0.1, -0.05) is 24.3 Å². The number of nitrogens with zero attached hydrogens (tertiary/aromatic N) is 1. The summed E-state index contributed by atoms with van der Waals surface area (Å²) in [4.78, 5) is 13.9. The van der Waals surface area contributed by atoms with E-state index in [9.17, 15) is 4.79 Å². The Bertz CT molecular complexity index is 611. The molecular formula is C16H18N2O2. The number of anilines is 2. The van der Waals surface area contributed by atoms with Crippen molar-refractivity contribution in [3.63, 3.8) is 0 Å². The Hall–Kier alpha value is -2.49. The van der Waals surface area contributed by atoms with E-state index in [4.69, 9.17) is 10.5 Å². The van der Waals surface area contributed by atoms with Crippen LogP contribution in [0.4, 0.5) is 11.4 Å². The summed E-state index contributed by atoms with van der Waals surface area (Å²) in [5, 5.41) is 0. The van der Waals surface area contributed by atoms with Gasteiger partial charge in [-0.15, -0.1) is 0 Å². The number of hydrogen-bond donors (Lipinski definition) is 1. The summed E-state index contributed by atoms with van der Waals surface area (Å²) >= 11 is 0. The number of carbonyl (C=O) groups excluding carboxylic acids is 1. The highest BCUT2D eigenvalue weighted by atomic mass is 16.5. The van der Waals surface area contributed by atoms with Crippen molar-refractivity contribution in [3.05, 3.63) is 54.1 Å². The van der Waals surface area contributed by atoms with Crippen LogP contribution in [0, 0.1) is 0 Å². The van der Waals surface area contributed by atoms with Gasteiger partial charge >= 0.3 is 0 Å². The molecule has 4 heteroatoms. The van der Waals surface area contributed by atoms with Gasteiger partial charge in [0.05, 0.1) is 13.5 Å². The lowest BCUT2D eigenvalue weighted by Crippen LogP contribution is -2.28. The van der Waals surface area contributed by atoms with Gasteiger partial charge in [0.15, 0.2) is 0 Å². The van der Waals surface area contributed by atoms with Crippen molar-refractivity contribution in [2.75, 3.05) is 24.8 Å². The lowest BCUT2D eigenvalue weighted by molar-refractivity contribution is -0.117. The van der Waals surface area contributed by atoms with E-state index >= 15 is 0 Å². The smallest absolute Gasteiger partial charge is 0.231 e. The predicted molar refractivity (Wildman–Crippen MR) is 81.0 cm³/mol.